The Morgan fingerprint density at radius 1 is 0.809 bits per heavy atom. The molecular formula is C37H43N3O6S. The Morgan fingerprint density at radius 2 is 1.45 bits per heavy atom. The molecule has 0 aromatic heterocycles. The molecule has 4 rings (SSSR count). The average Bonchev–Trinajstić information content (AvgIpc) is 3.09. The summed E-state index contributed by atoms with van der Waals surface area (Å²) in [7, 11) is -1.40. The summed E-state index contributed by atoms with van der Waals surface area (Å²) < 4.78 is 40.4. The van der Waals surface area contributed by atoms with Gasteiger partial charge in [-0.3, -0.25) is 13.9 Å². The third kappa shape index (κ3) is 9.13. The van der Waals surface area contributed by atoms with Gasteiger partial charge in [0.25, 0.3) is 10.0 Å². The third-order valence-electron chi connectivity index (χ3n) is 7.84. The number of carbonyl (C=O) groups excluding carboxylic acids is 2. The van der Waals surface area contributed by atoms with Crippen molar-refractivity contribution in [2.24, 2.45) is 0 Å². The van der Waals surface area contributed by atoms with E-state index in [4.69, 9.17) is 9.47 Å². The van der Waals surface area contributed by atoms with Crippen LogP contribution in [0.3, 0.4) is 0 Å². The van der Waals surface area contributed by atoms with Gasteiger partial charge in [0.15, 0.2) is 11.5 Å². The number of benzene rings is 4. The summed E-state index contributed by atoms with van der Waals surface area (Å²) in [6.45, 7) is 4.05. The number of sulfonamides is 1. The Labute approximate surface area is 278 Å². The normalized spacial score (nSPS) is 11.7. The number of rotatable bonds is 16. The van der Waals surface area contributed by atoms with E-state index in [-0.39, 0.29) is 29.5 Å². The number of ether oxygens (including phenoxy) is 2. The number of para-hydroxylation sites is 1. The molecule has 47 heavy (non-hydrogen) atoms. The molecule has 2 amide bonds. The van der Waals surface area contributed by atoms with Crippen LogP contribution in [0.4, 0.5) is 5.69 Å². The largest absolute Gasteiger partial charge is 0.493 e. The van der Waals surface area contributed by atoms with Gasteiger partial charge in [-0.25, -0.2) is 8.42 Å². The summed E-state index contributed by atoms with van der Waals surface area (Å²) in [5.41, 5.74) is 3.05. The number of amides is 2. The molecule has 0 saturated carbocycles. The number of methoxy groups -OCH3 is 2. The van der Waals surface area contributed by atoms with E-state index >= 15 is 0 Å². The quantitative estimate of drug-likeness (QED) is 0.154. The molecule has 0 bridgehead atoms. The topological polar surface area (TPSA) is 105 Å². The lowest BCUT2D eigenvalue weighted by Gasteiger charge is -2.34. The first-order chi connectivity index (χ1) is 22.7. The standard InChI is InChI=1S/C37H43N3O6S/c1-5-6-23-38-37(42)33(24-29-13-9-7-10-14-29)39(26-30-19-17-28(2)18-20-30)36(41)27-40(31-15-11-8-12-16-31)47(43,44)32-21-22-34(45-3)35(25-32)46-4/h7-22,25,33H,5-6,23-24,26-27H2,1-4H3,(H,38,42)/t33-/m1/s1. The zero-order valence-corrected chi connectivity index (χ0v) is 28.2. The maximum absolute atomic E-state index is 14.6. The lowest BCUT2D eigenvalue weighted by atomic mass is 10.0. The molecule has 0 aliphatic carbocycles. The van der Waals surface area contributed by atoms with E-state index in [1.807, 2.05) is 68.4 Å². The molecule has 4 aromatic rings. The first kappa shape index (κ1) is 35.0. The van der Waals surface area contributed by atoms with Crippen LogP contribution in [0.1, 0.15) is 36.5 Å². The summed E-state index contributed by atoms with van der Waals surface area (Å²) in [5.74, 6) is -0.210. The number of unbranched alkanes of at least 4 members (excludes halogenated alkanes) is 1. The van der Waals surface area contributed by atoms with Gasteiger partial charge in [-0.1, -0.05) is 91.7 Å². The van der Waals surface area contributed by atoms with Crippen LogP contribution in [-0.4, -0.2) is 58.5 Å². The van der Waals surface area contributed by atoms with Gasteiger partial charge in [-0.15, -0.1) is 0 Å². The second kappa shape index (κ2) is 16.6. The Bertz CT molecular complexity index is 1710. The first-order valence-corrected chi connectivity index (χ1v) is 17.1. The fourth-order valence-corrected chi connectivity index (χ4v) is 6.61. The van der Waals surface area contributed by atoms with E-state index in [2.05, 4.69) is 5.32 Å². The molecule has 0 heterocycles. The Hall–Kier alpha value is -4.83. The zero-order valence-electron chi connectivity index (χ0n) is 27.4. The van der Waals surface area contributed by atoms with Crippen molar-refractivity contribution in [2.75, 3.05) is 31.6 Å². The second-order valence-electron chi connectivity index (χ2n) is 11.2. The first-order valence-electron chi connectivity index (χ1n) is 15.6. The van der Waals surface area contributed by atoms with Gasteiger partial charge in [0.2, 0.25) is 11.8 Å². The minimum absolute atomic E-state index is 0.0740. The molecule has 0 aliphatic heterocycles. The number of nitrogens with one attached hydrogen (secondary N) is 1. The van der Waals surface area contributed by atoms with Gasteiger partial charge in [0.05, 0.1) is 24.8 Å². The van der Waals surface area contributed by atoms with Gasteiger partial charge in [0, 0.05) is 25.6 Å². The van der Waals surface area contributed by atoms with Gasteiger partial charge in [-0.05, 0) is 48.7 Å². The third-order valence-corrected chi connectivity index (χ3v) is 9.61. The van der Waals surface area contributed by atoms with Crippen LogP contribution in [0.25, 0.3) is 0 Å². The van der Waals surface area contributed by atoms with Gasteiger partial charge >= 0.3 is 0 Å². The molecule has 0 spiro atoms. The zero-order chi connectivity index (χ0) is 33.8. The maximum atomic E-state index is 14.6. The molecule has 0 aliphatic rings. The van der Waals surface area contributed by atoms with Crippen LogP contribution in [0.15, 0.2) is 108 Å². The van der Waals surface area contributed by atoms with E-state index in [1.165, 1.54) is 37.3 Å². The van der Waals surface area contributed by atoms with Crippen molar-refractivity contribution in [3.8, 4) is 11.5 Å². The lowest BCUT2D eigenvalue weighted by Crippen LogP contribution is -2.53. The van der Waals surface area contributed by atoms with Gasteiger partial charge < -0.3 is 19.7 Å². The van der Waals surface area contributed by atoms with Gasteiger partial charge in [-0.2, -0.15) is 0 Å². The number of aryl methyl sites for hydroxylation is 1. The minimum Gasteiger partial charge on any atom is -0.493 e. The number of carbonyl (C=O) groups is 2. The molecule has 0 unspecified atom stereocenters. The molecule has 1 atom stereocenters. The molecule has 248 valence electrons. The van der Waals surface area contributed by atoms with Crippen molar-refractivity contribution < 1.29 is 27.5 Å². The van der Waals surface area contributed by atoms with Crippen LogP contribution in [0, 0.1) is 6.92 Å². The smallest absolute Gasteiger partial charge is 0.264 e. The molecular weight excluding hydrogens is 614 g/mol. The summed E-state index contributed by atoms with van der Waals surface area (Å²) in [5, 5.41) is 3.01. The van der Waals surface area contributed by atoms with Crippen LogP contribution in [-0.2, 0) is 32.6 Å². The van der Waals surface area contributed by atoms with Crippen molar-refractivity contribution in [2.45, 2.75) is 50.6 Å². The molecule has 0 fully saturated rings. The summed E-state index contributed by atoms with van der Waals surface area (Å²) in [6.07, 6.45) is 1.95. The highest BCUT2D eigenvalue weighted by atomic mass is 32.2. The summed E-state index contributed by atoms with van der Waals surface area (Å²) in [4.78, 5) is 29.8. The molecule has 10 heteroatoms. The summed E-state index contributed by atoms with van der Waals surface area (Å²) in [6, 6.07) is 29.1. The highest BCUT2D eigenvalue weighted by molar-refractivity contribution is 7.92. The predicted octanol–water partition coefficient (Wildman–Crippen LogP) is 5.76. The van der Waals surface area contributed by atoms with Crippen molar-refractivity contribution >= 4 is 27.5 Å². The van der Waals surface area contributed by atoms with Crippen molar-refractivity contribution in [3.05, 3.63) is 120 Å². The number of anilines is 1. The fraction of sp³-hybridized carbons (Fsp3) is 0.297. The van der Waals surface area contributed by atoms with Crippen LogP contribution >= 0.6 is 0 Å². The van der Waals surface area contributed by atoms with Crippen LogP contribution in [0.2, 0.25) is 0 Å². The SMILES string of the molecule is CCCCNC(=O)[C@@H](Cc1ccccc1)N(Cc1ccc(C)cc1)C(=O)CN(c1ccccc1)S(=O)(=O)c1ccc(OC)c(OC)c1. The molecule has 1 N–H and O–H groups in total. The van der Waals surface area contributed by atoms with E-state index in [1.54, 1.807) is 30.3 Å². The summed E-state index contributed by atoms with van der Waals surface area (Å²) >= 11 is 0. The Balaban J connectivity index is 1.79. The van der Waals surface area contributed by atoms with Crippen LogP contribution in [0.5, 0.6) is 11.5 Å². The average molecular weight is 658 g/mol. The fourth-order valence-electron chi connectivity index (χ4n) is 5.18. The minimum atomic E-state index is -4.29. The molecule has 0 radical (unpaired) electrons. The number of hydrogen-bond donors (Lipinski definition) is 1. The van der Waals surface area contributed by atoms with E-state index < -0.39 is 28.5 Å². The maximum Gasteiger partial charge on any atom is 0.264 e. The van der Waals surface area contributed by atoms with E-state index in [0.29, 0.717) is 18.0 Å². The molecule has 0 saturated heterocycles. The Kier molecular flexibility index (Phi) is 12.4. The highest BCUT2D eigenvalue weighted by Crippen LogP contribution is 2.32. The molecule has 9 nitrogen and oxygen atoms in total. The molecule has 4 aromatic carbocycles. The van der Waals surface area contributed by atoms with E-state index in [9.17, 15) is 18.0 Å². The van der Waals surface area contributed by atoms with E-state index in [0.717, 1.165) is 33.8 Å². The number of nitrogens with zero attached hydrogens (tertiary/aromatic N) is 2. The highest BCUT2D eigenvalue weighted by Gasteiger charge is 2.35. The second-order valence-corrected chi connectivity index (χ2v) is 13.1. The number of hydrogen-bond acceptors (Lipinski definition) is 6. The predicted molar refractivity (Wildman–Crippen MR) is 184 cm³/mol. The Morgan fingerprint density at radius 3 is 2.06 bits per heavy atom. The lowest BCUT2D eigenvalue weighted by molar-refractivity contribution is -0.140. The van der Waals surface area contributed by atoms with Crippen molar-refractivity contribution in [1.82, 2.24) is 10.2 Å². The van der Waals surface area contributed by atoms with Crippen molar-refractivity contribution in [3.63, 3.8) is 0 Å². The monoisotopic (exact) mass is 657 g/mol. The van der Waals surface area contributed by atoms with Crippen molar-refractivity contribution in [1.29, 1.82) is 0 Å². The van der Waals surface area contributed by atoms with Gasteiger partial charge in [0.1, 0.15) is 12.6 Å². The van der Waals surface area contributed by atoms with Crippen LogP contribution < -0.4 is 19.1 Å².